The van der Waals surface area contributed by atoms with Crippen molar-refractivity contribution in [1.29, 1.82) is 0 Å². The van der Waals surface area contributed by atoms with E-state index in [2.05, 4.69) is 32.4 Å². The van der Waals surface area contributed by atoms with E-state index in [1.165, 1.54) is 25.5 Å². The van der Waals surface area contributed by atoms with Gasteiger partial charge in [0.25, 0.3) is 0 Å². The van der Waals surface area contributed by atoms with Crippen LogP contribution >= 0.6 is 0 Å². The van der Waals surface area contributed by atoms with Gasteiger partial charge in [0, 0.05) is 6.04 Å². The van der Waals surface area contributed by atoms with Crippen molar-refractivity contribution in [3.63, 3.8) is 0 Å². The van der Waals surface area contributed by atoms with Crippen LogP contribution in [0.2, 0.25) is 0 Å². The molecule has 0 radical (unpaired) electrons. The monoisotopic (exact) mass is 238 g/mol. The maximum atomic E-state index is 5.84. The van der Waals surface area contributed by atoms with Gasteiger partial charge in [-0.25, -0.2) is 0 Å². The molecule has 0 aromatic rings. The van der Waals surface area contributed by atoms with E-state index in [4.69, 9.17) is 5.73 Å². The zero-order chi connectivity index (χ0) is 13.9. The van der Waals surface area contributed by atoms with Gasteiger partial charge in [-0.15, -0.1) is 6.58 Å². The smallest absolute Gasteiger partial charge is 0.00394 e. The second-order valence-corrected chi connectivity index (χ2v) is 4.54. The van der Waals surface area contributed by atoms with Crippen LogP contribution in [0.1, 0.15) is 39.5 Å². The highest BCUT2D eigenvalue weighted by Crippen LogP contribution is 2.41. The van der Waals surface area contributed by atoms with Crippen LogP contribution in [0.15, 0.2) is 37.5 Å². The highest BCUT2D eigenvalue weighted by atomic mass is 14.6. The molecule has 2 heteroatoms. The van der Waals surface area contributed by atoms with Gasteiger partial charge in [0.1, 0.15) is 0 Å². The molecule has 0 aliphatic heterocycles. The van der Waals surface area contributed by atoms with E-state index in [1.54, 1.807) is 6.08 Å². The zero-order valence-corrected chi connectivity index (χ0v) is 11.8. The van der Waals surface area contributed by atoms with E-state index in [9.17, 15) is 0 Å². The Hall–Kier alpha value is -0.860. The first-order chi connectivity index (χ1) is 8.00. The third-order valence-electron chi connectivity index (χ3n) is 3.16. The average Bonchev–Trinajstić information content (AvgIpc) is 2.35. The lowest BCUT2D eigenvalue weighted by Crippen LogP contribution is -2.32. The van der Waals surface area contributed by atoms with Crippen molar-refractivity contribution in [1.82, 2.24) is 0 Å². The van der Waals surface area contributed by atoms with Gasteiger partial charge >= 0.3 is 0 Å². The summed E-state index contributed by atoms with van der Waals surface area (Å²) in [5, 5.41) is 0. The quantitative estimate of drug-likeness (QED) is 0.572. The summed E-state index contributed by atoms with van der Waals surface area (Å²) in [7, 11) is 1.50. The maximum Gasteiger partial charge on any atom is 0.00394 e. The molecule has 4 N–H and O–H groups in total. The summed E-state index contributed by atoms with van der Waals surface area (Å²) < 4.78 is 0. The number of allylic oxidation sites excluding steroid dienone is 3. The van der Waals surface area contributed by atoms with Gasteiger partial charge in [0.15, 0.2) is 0 Å². The average molecular weight is 238 g/mol. The highest BCUT2D eigenvalue weighted by molar-refractivity contribution is 5.21. The molecule has 1 aliphatic carbocycles. The minimum Gasteiger partial charge on any atom is -0.333 e. The number of hydrogen-bond acceptors (Lipinski definition) is 2. The summed E-state index contributed by atoms with van der Waals surface area (Å²) >= 11 is 0. The molecule has 1 rings (SSSR count). The molecule has 0 aromatic carbocycles. The lowest BCUT2D eigenvalue weighted by molar-refractivity contribution is 0.252. The molecule has 0 aromatic heterocycles. The van der Waals surface area contributed by atoms with E-state index in [1.807, 2.05) is 13.0 Å². The molecule has 1 fully saturated rings. The van der Waals surface area contributed by atoms with E-state index >= 15 is 0 Å². The molecule has 0 saturated heterocycles. The van der Waals surface area contributed by atoms with Gasteiger partial charge in [-0.05, 0) is 50.6 Å². The van der Waals surface area contributed by atoms with Crippen LogP contribution < -0.4 is 11.5 Å². The zero-order valence-electron chi connectivity index (χ0n) is 11.8. The number of nitrogens with two attached hydrogens (primary N) is 2. The van der Waals surface area contributed by atoms with Crippen molar-refractivity contribution >= 4 is 0 Å². The summed E-state index contributed by atoms with van der Waals surface area (Å²) in [6, 6.07) is 0.413. The van der Waals surface area contributed by atoms with Gasteiger partial charge < -0.3 is 11.5 Å². The van der Waals surface area contributed by atoms with E-state index in [-0.39, 0.29) is 5.41 Å². The van der Waals surface area contributed by atoms with Gasteiger partial charge in [0.2, 0.25) is 0 Å². The normalized spacial score (nSPS) is 26.5. The SMILES string of the molecule is C=CC.C=CC(=C)C1(C)CCC(N)CC1.CN. The van der Waals surface area contributed by atoms with Crippen LogP contribution in [0.3, 0.4) is 0 Å². The molecule has 0 heterocycles. The Morgan fingerprint density at radius 2 is 1.59 bits per heavy atom. The van der Waals surface area contributed by atoms with Crippen LogP contribution in [0.25, 0.3) is 0 Å². The van der Waals surface area contributed by atoms with Crippen molar-refractivity contribution in [3.8, 4) is 0 Å². The molecule has 2 nitrogen and oxygen atoms in total. The Morgan fingerprint density at radius 1 is 1.24 bits per heavy atom. The Kier molecular flexibility index (Phi) is 11.2. The summed E-state index contributed by atoms with van der Waals surface area (Å²) in [4.78, 5) is 0. The summed E-state index contributed by atoms with van der Waals surface area (Å²) in [5.41, 5.74) is 11.8. The van der Waals surface area contributed by atoms with Crippen molar-refractivity contribution < 1.29 is 0 Å². The topological polar surface area (TPSA) is 52.0 Å². The highest BCUT2D eigenvalue weighted by Gasteiger charge is 2.30. The lowest BCUT2D eigenvalue weighted by Gasteiger charge is -2.36. The molecule has 0 unspecified atom stereocenters. The molecule has 100 valence electrons. The fourth-order valence-corrected chi connectivity index (χ4v) is 1.84. The third-order valence-corrected chi connectivity index (χ3v) is 3.16. The van der Waals surface area contributed by atoms with Crippen LogP contribution in [-0.4, -0.2) is 13.1 Å². The van der Waals surface area contributed by atoms with Crippen LogP contribution in [0.4, 0.5) is 0 Å². The van der Waals surface area contributed by atoms with Gasteiger partial charge in [-0.2, -0.15) is 0 Å². The van der Waals surface area contributed by atoms with Crippen molar-refractivity contribution in [2.24, 2.45) is 16.9 Å². The summed E-state index contributed by atoms with van der Waals surface area (Å²) in [6.07, 6.45) is 8.22. The minimum absolute atomic E-state index is 0.275. The van der Waals surface area contributed by atoms with Crippen molar-refractivity contribution in [2.45, 2.75) is 45.6 Å². The fourth-order valence-electron chi connectivity index (χ4n) is 1.84. The van der Waals surface area contributed by atoms with Gasteiger partial charge in [0.05, 0.1) is 0 Å². The van der Waals surface area contributed by atoms with Crippen molar-refractivity contribution in [3.05, 3.63) is 37.5 Å². The molecule has 0 atom stereocenters. The van der Waals surface area contributed by atoms with Gasteiger partial charge in [-0.3, -0.25) is 0 Å². The molecule has 1 saturated carbocycles. The predicted molar refractivity (Wildman–Crippen MR) is 79.9 cm³/mol. The van der Waals surface area contributed by atoms with Crippen LogP contribution in [0.5, 0.6) is 0 Å². The standard InChI is InChI=1S/C11H19N.C3H6.CH5N/c1-4-9(2)11(3)7-5-10(12)6-8-11;1-3-2;1-2/h4,10H,1-2,5-8,12H2,3H3;3H,1H2,2H3;2H2,1H3. The molecular weight excluding hydrogens is 208 g/mol. The third kappa shape index (κ3) is 7.14. The molecular formula is C15H30N2. The molecule has 17 heavy (non-hydrogen) atoms. The molecule has 1 aliphatic rings. The largest absolute Gasteiger partial charge is 0.333 e. The first-order valence-electron chi connectivity index (χ1n) is 6.22. The van der Waals surface area contributed by atoms with Gasteiger partial charge in [-0.1, -0.05) is 32.2 Å². The fraction of sp³-hybridized carbons (Fsp3) is 0.600. The summed E-state index contributed by atoms with van der Waals surface area (Å²) in [5.74, 6) is 0. The Bertz CT molecular complexity index is 223. The Balaban J connectivity index is 0. The van der Waals surface area contributed by atoms with E-state index < -0.39 is 0 Å². The van der Waals surface area contributed by atoms with Crippen LogP contribution in [-0.2, 0) is 0 Å². The number of rotatable bonds is 2. The predicted octanol–water partition coefficient (Wildman–Crippen LogP) is 3.40. The van der Waals surface area contributed by atoms with E-state index in [0.717, 1.165) is 12.8 Å². The molecule has 0 amide bonds. The number of hydrogen-bond donors (Lipinski definition) is 2. The molecule has 0 spiro atoms. The lowest BCUT2D eigenvalue weighted by atomic mass is 9.70. The first kappa shape index (κ1) is 18.5. The second kappa shape index (κ2) is 10.3. The Morgan fingerprint density at radius 3 is 1.88 bits per heavy atom. The van der Waals surface area contributed by atoms with E-state index in [0.29, 0.717) is 6.04 Å². The Labute approximate surface area is 107 Å². The maximum absolute atomic E-state index is 5.84. The minimum atomic E-state index is 0.275. The summed E-state index contributed by atoms with van der Waals surface area (Å²) in [6.45, 7) is 15.3. The molecule has 0 bridgehead atoms. The van der Waals surface area contributed by atoms with Crippen molar-refractivity contribution in [2.75, 3.05) is 7.05 Å². The second-order valence-electron chi connectivity index (χ2n) is 4.54. The first-order valence-corrected chi connectivity index (χ1v) is 6.22. The van der Waals surface area contributed by atoms with Crippen LogP contribution in [0, 0.1) is 5.41 Å².